The quantitative estimate of drug-likeness (QED) is 0.788. The minimum Gasteiger partial charge on any atom is -0.497 e. The Labute approximate surface area is 137 Å². The fourth-order valence-corrected chi connectivity index (χ4v) is 3.09. The molecule has 1 N–H and O–H groups in total. The lowest BCUT2D eigenvalue weighted by molar-refractivity contribution is 0.0938. The maximum absolute atomic E-state index is 13.0. The molecule has 0 saturated carbocycles. The zero-order valence-corrected chi connectivity index (χ0v) is 13.3. The van der Waals surface area contributed by atoms with E-state index in [-0.39, 0.29) is 17.1 Å². The molecule has 0 saturated heterocycles. The van der Waals surface area contributed by atoms with Gasteiger partial charge in [-0.25, -0.2) is 0 Å². The summed E-state index contributed by atoms with van der Waals surface area (Å²) in [7, 11) is 1.57. The first-order valence-electron chi connectivity index (χ1n) is 7.60. The molecule has 5 nitrogen and oxygen atoms in total. The highest BCUT2D eigenvalue weighted by molar-refractivity contribution is 5.99. The summed E-state index contributed by atoms with van der Waals surface area (Å²) in [4.78, 5) is 25.3. The van der Waals surface area contributed by atoms with E-state index in [4.69, 9.17) is 9.15 Å². The standard InChI is InChI=1S/C19H15NO4/c1-10-6-7-14-13(8-10)17(21)15-16(20-19(22)18(15)24-14)11-4-3-5-12(9-11)23-2/h3-9,16H,1-2H3,(H,20,22). The van der Waals surface area contributed by atoms with Crippen molar-refractivity contribution >= 4 is 16.9 Å². The van der Waals surface area contributed by atoms with Gasteiger partial charge in [-0.15, -0.1) is 0 Å². The number of rotatable bonds is 2. The van der Waals surface area contributed by atoms with Gasteiger partial charge in [0.15, 0.2) is 5.43 Å². The molecule has 3 aromatic rings. The van der Waals surface area contributed by atoms with Crippen molar-refractivity contribution in [2.75, 3.05) is 7.11 Å². The summed E-state index contributed by atoms with van der Waals surface area (Å²) >= 11 is 0. The summed E-state index contributed by atoms with van der Waals surface area (Å²) in [6, 6.07) is 12.1. The number of fused-ring (bicyclic) bond motifs is 2. The van der Waals surface area contributed by atoms with Crippen LogP contribution in [0.1, 0.15) is 33.3 Å². The number of benzene rings is 2. The lowest BCUT2D eigenvalue weighted by atomic mass is 9.99. The van der Waals surface area contributed by atoms with E-state index in [1.54, 1.807) is 25.3 Å². The van der Waals surface area contributed by atoms with Gasteiger partial charge >= 0.3 is 0 Å². The van der Waals surface area contributed by atoms with Gasteiger partial charge in [-0.2, -0.15) is 0 Å². The summed E-state index contributed by atoms with van der Waals surface area (Å²) in [6.07, 6.45) is 0. The Morgan fingerprint density at radius 1 is 1.12 bits per heavy atom. The van der Waals surface area contributed by atoms with Crippen molar-refractivity contribution in [3.63, 3.8) is 0 Å². The fraction of sp³-hybridized carbons (Fsp3) is 0.158. The van der Waals surface area contributed by atoms with Crippen LogP contribution in [0.5, 0.6) is 5.75 Å². The number of nitrogens with one attached hydrogen (secondary N) is 1. The number of carbonyl (C=O) groups excluding carboxylic acids is 1. The van der Waals surface area contributed by atoms with Crippen molar-refractivity contribution < 1.29 is 13.9 Å². The second-order valence-electron chi connectivity index (χ2n) is 5.86. The highest BCUT2D eigenvalue weighted by atomic mass is 16.5. The molecule has 1 aromatic heterocycles. The van der Waals surface area contributed by atoms with Gasteiger partial charge in [-0.1, -0.05) is 23.8 Å². The predicted molar refractivity (Wildman–Crippen MR) is 89.5 cm³/mol. The molecule has 1 atom stereocenters. The Hall–Kier alpha value is -3.08. The molecular formula is C19H15NO4. The van der Waals surface area contributed by atoms with Crippen LogP contribution in [0.2, 0.25) is 0 Å². The molecule has 0 spiro atoms. The van der Waals surface area contributed by atoms with E-state index in [0.717, 1.165) is 11.1 Å². The molecule has 0 bridgehead atoms. The minimum absolute atomic E-state index is 0.0872. The number of ether oxygens (including phenoxy) is 1. The van der Waals surface area contributed by atoms with Gasteiger partial charge in [0.1, 0.15) is 11.3 Å². The maximum Gasteiger partial charge on any atom is 0.288 e. The van der Waals surface area contributed by atoms with Crippen molar-refractivity contribution in [3.8, 4) is 5.75 Å². The molecule has 1 unspecified atom stereocenters. The minimum atomic E-state index is -0.538. The maximum atomic E-state index is 13.0. The molecule has 0 aliphatic carbocycles. The number of aryl methyl sites for hydroxylation is 1. The molecular weight excluding hydrogens is 306 g/mol. The smallest absolute Gasteiger partial charge is 0.288 e. The lowest BCUT2D eigenvalue weighted by Crippen LogP contribution is -2.21. The normalized spacial score (nSPS) is 16.1. The van der Waals surface area contributed by atoms with Crippen LogP contribution in [0.15, 0.2) is 51.7 Å². The number of hydrogen-bond acceptors (Lipinski definition) is 4. The Morgan fingerprint density at radius 2 is 1.96 bits per heavy atom. The first-order valence-corrected chi connectivity index (χ1v) is 7.60. The summed E-state index contributed by atoms with van der Waals surface area (Å²) in [6.45, 7) is 1.91. The summed E-state index contributed by atoms with van der Waals surface area (Å²) in [5.74, 6) is 0.373. The molecule has 24 heavy (non-hydrogen) atoms. The van der Waals surface area contributed by atoms with Crippen LogP contribution in [0.3, 0.4) is 0 Å². The molecule has 2 heterocycles. The average molecular weight is 321 g/mol. The molecule has 0 radical (unpaired) electrons. The van der Waals surface area contributed by atoms with Crippen molar-refractivity contribution in [1.29, 1.82) is 0 Å². The van der Waals surface area contributed by atoms with Gasteiger partial charge in [0.05, 0.1) is 24.1 Å². The Balaban J connectivity index is 1.97. The topological polar surface area (TPSA) is 68.5 Å². The predicted octanol–water partition coefficient (Wildman–Crippen LogP) is 2.94. The van der Waals surface area contributed by atoms with Gasteiger partial charge in [0, 0.05) is 0 Å². The van der Waals surface area contributed by atoms with E-state index in [0.29, 0.717) is 22.3 Å². The third-order valence-electron chi connectivity index (χ3n) is 4.28. The van der Waals surface area contributed by atoms with Crippen LogP contribution >= 0.6 is 0 Å². The number of amides is 1. The van der Waals surface area contributed by atoms with Gasteiger partial charge in [0.25, 0.3) is 5.91 Å². The van der Waals surface area contributed by atoms with Crippen LogP contribution < -0.4 is 15.5 Å². The molecule has 2 aromatic carbocycles. The molecule has 4 rings (SSSR count). The average Bonchev–Trinajstić information content (AvgIpc) is 2.93. The van der Waals surface area contributed by atoms with Gasteiger partial charge in [-0.05, 0) is 36.8 Å². The Morgan fingerprint density at radius 3 is 2.75 bits per heavy atom. The van der Waals surface area contributed by atoms with E-state index >= 15 is 0 Å². The first kappa shape index (κ1) is 14.5. The van der Waals surface area contributed by atoms with E-state index in [2.05, 4.69) is 5.32 Å². The van der Waals surface area contributed by atoms with Crippen molar-refractivity contribution in [3.05, 3.63) is 75.1 Å². The van der Waals surface area contributed by atoms with Crippen LogP contribution in [0.4, 0.5) is 0 Å². The largest absolute Gasteiger partial charge is 0.497 e. The van der Waals surface area contributed by atoms with E-state index in [9.17, 15) is 9.59 Å². The number of carbonyl (C=O) groups is 1. The fourth-order valence-electron chi connectivity index (χ4n) is 3.09. The summed E-state index contributed by atoms with van der Waals surface area (Å²) < 4.78 is 10.9. The van der Waals surface area contributed by atoms with Crippen LogP contribution in [-0.2, 0) is 0 Å². The third kappa shape index (κ3) is 2.09. The zero-order valence-electron chi connectivity index (χ0n) is 13.3. The van der Waals surface area contributed by atoms with Crippen LogP contribution in [0.25, 0.3) is 11.0 Å². The van der Waals surface area contributed by atoms with E-state index in [1.165, 1.54) is 0 Å². The molecule has 0 fully saturated rings. The number of methoxy groups -OCH3 is 1. The molecule has 120 valence electrons. The zero-order chi connectivity index (χ0) is 16.8. The van der Waals surface area contributed by atoms with Crippen molar-refractivity contribution in [2.24, 2.45) is 0 Å². The second-order valence-corrected chi connectivity index (χ2v) is 5.86. The van der Waals surface area contributed by atoms with E-state index < -0.39 is 6.04 Å². The van der Waals surface area contributed by atoms with Gasteiger partial charge in [0.2, 0.25) is 5.76 Å². The van der Waals surface area contributed by atoms with Crippen molar-refractivity contribution in [2.45, 2.75) is 13.0 Å². The Kier molecular flexibility index (Phi) is 3.16. The highest BCUT2D eigenvalue weighted by Crippen LogP contribution is 2.32. The highest BCUT2D eigenvalue weighted by Gasteiger charge is 2.36. The summed E-state index contributed by atoms with van der Waals surface area (Å²) in [5.41, 5.74) is 2.34. The lowest BCUT2D eigenvalue weighted by Gasteiger charge is -2.12. The third-order valence-corrected chi connectivity index (χ3v) is 4.28. The number of hydrogen-bond donors (Lipinski definition) is 1. The molecule has 1 aliphatic rings. The molecule has 1 aliphatic heterocycles. The van der Waals surface area contributed by atoms with Crippen LogP contribution in [0, 0.1) is 6.92 Å². The molecule has 5 heteroatoms. The SMILES string of the molecule is COc1cccc(C2NC(=O)c3oc4ccc(C)cc4c(=O)c32)c1. The van der Waals surface area contributed by atoms with Gasteiger partial charge < -0.3 is 14.5 Å². The van der Waals surface area contributed by atoms with E-state index in [1.807, 2.05) is 31.2 Å². The Bertz CT molecular complexity index is 1040. The molecule has 1 amide bonds. The van der Waals surface area contributed by atoms with Gasteiger partial charge in [-0.3, -0.25) is 9.59 Å². The first-order chi connectivity index (χ1) is 11.6. The summed E-state index contributed by atoms with van der Waals surface area (Å²) in [5, 5.41) is 3.31. The van der Waals surface area contributed by atoms with Crippen LogP contribution in [-0.4, -0.2) is 13.0 Å². The van der Waals surface area contributed by atoms with Crippen molar-refractivity contribution in [1.82, 2.24) is 5.32 Å². The second kappa shape index (κ2) is 5.23. The monoisotopic (exact) mass is 321 g/mol.